The molecule has 140 valence electrons. The average molecular weight is 362 g/mol. The van der Waals surface area contributed by atoms with Gasteiger partial charge < -0.3 is 22.8 Å². The first-order chi connectivity index (χ1) is 11.7. The monoisotopic (exact) mass is 361 g/mol. The van der Waals surface area contributed by atoms with Gasteiger partial charge >= 0.3 is 8.80 Å². The fourth-order valence-corrected chi connectivity index (χ4v) is 5.22. The Kier molecular flexibility index (Phi) is 11.4. The largest absolute Gasteiger partial charge is 0.501 e. The molecule has 0 bridgehead atoms. The van der Waals surface area contributed by atoms with Crippen molar-refractivity contribution in [3.63, 3.8) is 0 Å². The van der Waals surface area contributed by atoms with Crippen LogP contribution < -0.4 is 0 Å². The summed E-state index contributed by atoms with van der Waals surface area (Å²) in [6.07, 6.45) is 4.40. The first-order valence-electron chi connectivity index (χ1n) is 8.84. The summed E-state index contributed by atoms with van der Waals surface area (Å²) in [5, 5.41) is 0. The Morgan fingerprint density at radius 3 is 2.58 bits per heavy atom. The maximum atomic E-state index is 10.2. The van der Waals surface area contributed by atoms with E-state index in [1.165, 1.54) is 0 Å². The molecule has 1 heterocycles. The smallest absolute Gasteiger partial charge is 0.379 e. The highest BCUT2D eigenvalue weighted by molar-refractivity contribution is 6.60. The molecular weight excluding hydrogens is 330 g/mol. The van der Waals surface area contributed by atoms with E-state index < -0.39 is 8.80 Å². The molecule has 24 heavy (non-hydrogen) atoms. The normalized spacial score (nSPS) is 18.2. The minimum Gasteiger partial charge on any atom is -0.379 e. The lowest BCUT2D eigenvalue weighted by Gasteiger charge is -2.31. The molecule has 0 amide bonds. The van der Waals surface area contributed by atoms with Crippen molar-refractivity contribution in [2.45, 2.75) is 58.3 Å². The summed E-state index contributed by atoms with van der Waals surface area (Å²) in [6, 6.07) is 0.652. The van der Waals surface area contributed by atoms with Gasteiger partial charge in [-0.05, 0) is 40.0 Å². The molecule has 7 nitrogen and oxygen atoms in total. The van der Waals surface area contributed by atoms with E-state index in [0.29, 0.717) is 51.5 Å². The molecule has 0 aliphatic carbocycles. The number of carbonyl (C=O) groups excluding carboxylic acids is 1. The molecule has 0 aromatic heterocycles. The molecule has 0 aromatic rings. The van der Waals surface area contributed by atoms with Crippen LogP contribution in [0.3, 0.4) is 0 Å². The predicted molar refractivity (Wildman–Crippen MR) is 91.8 cm³/mol. The lowest BCUT2D eigenvalue weighted by atomic mass is 10.2. The summed E-state index contributed by atoms with van der Waals surface area (Å²) in [5.41, 5.74) is 0. The van der Waals surface area contributed by atoms with Crippen LogP contribution in [0.2, 0.25) is 6.04 Å². The molecule has 1 aliphatic heterocycles. The number of isocyanates is 1. The second-order valence-corrected chi connectivity index (χ2v) is 8.41. The number of hydrogen-bond acceptors (Lipinski definition) is 7. The first-order valence-corrected chi connectivity index (χ1v) is 10.8. The predicted octanol–water partition coefficient (Wildman–Crippen LogP) is 2.32. The van der Waals surface area contributed by atoms with Crippen molar-refractivity contribution in [3.05, 3.63) is 0 Å². The SMILES string of the molecule is CCO[Si](CCCN=C=O)(OCC)OC(C)CCCOCC1CO1. The van der Waals surface area contributed by atoms with Crippen molar-refractivity contribution in [3.8, 4) is 0 Å². The third-order valence-corrected chi connectivity index (χ3v) is 6.72. The van der Waals surface area contributed by atoms with Crippen molar-refractivity contribution >= 4 is 14.9 Å². The van der Waals surface area contributed by atoms with Crippen LogP contribution in [-0.4, -0.2) is 66.7 Å². The second-order valence-electron chi connectivity index (χ2n) is 5.73. The average Bonchev–Trinajstić information content (AvgIpc) is 3.36. The topological polar surface area (TPSA) is 78.9 Å². The molecular formula is C16H31NO6Si. The quantitative estimate of drug-likeness (QED) is 0.138. The Morgan fingerprint density at radius 1 is 1.29 bits per heavy atom. The highest BCUT2D eigenvalue weighted by Gasteiger charge is 2.41. The van der Waals surface area contributed by atoms with Crippen LogP contribution in [0.1, 0.15) is 40.0 Å². The van der Waals surface area contributed by atoms with Crippen LogP contribution >= 0.6 is 0 Å². The van der Waals surface area contributed by atoms with E-state index in [9.17, 15) is 4.79 Å². The summed E-state index contributed by atoms with van der Waals surface area (Å²) >= 11 is 0. The van der Waals surface area contributed by atoms with E-state index in [-0.39, 0.29) is 6.10 Å². The lowest BCUT2D eigenvalue weighted by Crippen LogP contribution is -2.48. The Labute approximate surface area is 146 Å². The van der Waals surface area contributed by atoms with Gasteiger partial charge in [0.05, 0.1) is 19.8 Å². The molecule has 0 N–H and O–H groups in total. The van der Waals surface area contributed by atoms with Gasteiger partial charge in [0.15, 0.2) is 0 Å². The zero-order chi connectivity index (χ0) is 17.7. The molecule has 0 saturated carbocycles. The molecule has 1 rings (SSSR count). The van der Waals surface area contributed by atoms with E-state index in [1.54, 1.807) is 6.08 Å². The molecule has 0 radical (unpaired) electrons. The van der Waals surface area contributed by atoms with Crippen LogP contribution in [0, 0.1) is 0 Å². The van der Waals surface area contributed by atoms with Crippen molar-refractivity contribution in [1.29, 1.82) is 0 Å². The number of ether oxygens (including phenoxy) is 2. The minimum absolute atomic E-state index is 0.0325. The van der Waals surface area contributed by atoms with Crippen LogP contribution in [0.5, 0.6) is 0 Å². The fraction of sp³-hybridized carbons (Fsp3) is 0.938. The summed E-state index contributed by atoms with van der Waals surface area (Å²) in [7, 11) is -2.74. The molecule has 0 aromatic carbocycles. The Balaban J connectivity index is 2.36. The molecule has 1 aliphatic rings. The third-order valence-electron chi connectivity index (χ3n) is 3.53. The van der Waals surface area contributed by atoms with Crippen LogP contribution in [0.15, 0.2) is 4.99 Å². The van der Waals surface area contributed by atoms with Crippen molar-refractivity contribution in [1.82, 2.24) is 0 Å². The second kappa shape index (κ2) is 12.7. The van der Waals surface area contributed by atoms with Gasteiger partial charge in [-0.15, -0.1) is 0 Å². The highest BCUT2D eigenvalue weighted by atomic mass is 28.4. The van der Waals surface area contributed by atoms with Gasteiger partial charge in [-0.1, -0.05) is 0 Å². The number of aliphatic imine (C=N–C) groups is 1. The Morgan fingerprint density at radius 2 is 2.00 bits per heavy atom. The van der Waals surface area contributed by atoms with Crippen LogP contribution in [0.25, 0.3) is 0 Å². The van der Waals surface area contributed by atoms with Gasteiger partial charge in [-0.2, -0.15) is 0 Å². The summed E-state index contributed by atoms with van der Waals surface area (Å²) < 4.78 is 28.6. The van der Waals surface area contributed by atoms with Crippen LogP contribution in [0.4, 0.5) is 0 Å². The van der Waals surface area contributed by atoms with E-state index in [0.717, 1.165) is 19.4 Å². The van der Waals surface area contributed by atoms with Crippen molar-refractivity contribution < 1.29 is 27.5 Å². The number of rotatable bonds is 16. The van der Waals surface area contributed by atoms with Gasteiger partial charge in [0.1, 0.15) is 6.10 Å². The highest BCUT2D eigenvalue weighted by Crippen LogP contribution is 2.22. The molecule has 2 atom stereocenters. The van der Waals surface area contributed by atoms with Gasteiger partial charge in [0.2, 0.25) is 6.08 Å². The van der Waals surface area contributed by atoms with Gasteiger partial charge in [-0.3, -0.25) is 0 Å². The van der Waals surface area contributed by atoms with Gasteiger partial charge in [-0.25, -0.2) is 9.79 Å². The molecule has 2 unspecified atom stereocenters. The van der Waals surface area contributed by atoms with Crippen LogP contribution in [-0.2, 0) is 27.5 Å². The third kappa shape index (κ3) is 9.63. The van der Waals surface area contributed by atoms with E-state index in [4.69, 9.17) is 22.8 Å². The molecule has 1 fully saturated rings. The summed E-state index contributed by atoms with van der Waals surface area (Å²) in [5.74, 6) is 0. The van der Waals surface area contributed by atoms with E-state index >= 15 is 0 Å². The van der Waals surface area contributed by atoms with Gasteiger partial charge in [0, 0.05) is 32.0 Å². The fourth-order valence-electron chi connectivity index (χ4n) is 2.39. The summed E-state index contributed by atoms with van der Waals surface area (Å²) in [4.78, 5) is 13.8. The Hall–Kier alpha value is -0.603. The zero-order valence-electron chi connectivity index (χ0n) is 15.1. The molecule has 8 heteroatoms. The van der Waals surface area contributed by atoms with E-state index in [1.807, 2.05) is 20.8 Å². The summed E-state index contributed by atoms with van der Waals surface area (Å²) in [6.45, 7) is 9.63. The number of epoxide rings is 1. The maximum Gasteiger partial charge on any atom is 0.501 e. The Bertz CT molecular complexity index is 368. The first kappa shape index (κ1) is 21.4. The standard InChI is InChI=1S/C16H31NO6Si/c1-4-21-24(22-5-2,11-7-9-17-14-18)23-15(3)8-6-10-19-12-16-13-20-16/h15-16H,4-13H2,1-3H3. The molecule has 1 saturated heterocycles. The minimum atomic E-state index is -2.74. The number of hydrogen-bond donors (Lipinski definition) is 0. The molecule has 0 spiro atoms. The zero-order valence-corrected chi connectivity index (χ0v) is 16.1. The van der Waals surface area contributed by atoms with E-state index in [2.05, 4.69) is 4.99 Å². The van der Waals surface area contributed by atoms with Crippen molar-refractivity contribution in [2.75, 3.05) is 39.6 Å². The van der Waals surface area contributed by atoms with Gasteiger partial charge in [0.25, 0.3) is 0 Å². The van der Waals surface area contributed by atoms with Crippen molar-refractivity contribution in [2.24, 2.45) is 4.99 Å². The maximum absolute atomic E-state index is 10.2. The lowest BCUT2D eigenvalue weighted by molar-refractivity contribution is 0.0301. The number of nitrogens with zero attached hydrogens (tertiary/aromatic N) is 1.